The predicted molar refractivity (Wildman–Crippen MR) is 52.9 cm³/mol. The second-order valence-electron chi connectivity index (χ2n) is 4.97. The van der Waals surface area contributed by atoms with Crippen molar-refractivity contribution in [2.45, 2.75) is 63.6 Å². The normalized spacial score (nSPS) is 45.0. The first-order chi connectivity index (χ1) is 6.79. The topological polar surface area (TPSA) is 39.8 Å². The zero-order valence-corrected chi connectivity index (χ0v) is 8.78. The van der Waals surface area contributed by atoms with Gasteiger partial charge in [-0.15, -0.1) is 0 Å². The summed E-state index contributed by atoms with van der Waals surface area (Å²) in [5, 5.41) is 23.6. The fraction of sp³-hybridized carbons (Fsp3) is 1.00. The Morgan fingerprint density at radius 3 is 1.29 bits per heavy atom. The van der Waals surface area contributed by atoms with Gasteiger partial charge in [0.25, 0.3) is 0 Å². The first-order valence-corrected chi connectivity index (χ1v) is 6.10. The summed E-state index contributed by atoms with van der Waals surface area (Å²) in [5.74, 6) is 0.429. The Balaban J connectivity index is 1.96. The SMILES string of the molecule is [O]C1CCCCC1C1CCCCC1[O]. The van der Waals surface area contributed by atoms with E-state index in [4.69, 9.17) is 0 Å². The molecule has 2 saturated carbocycles. The average molecular weight is 196 g/mol. The monoisotopic (exact) mass is 196 g/mol. The molecule has 2 aliphatic rings. The van der Waals surface area contributed by atoms with Crippen molar-refractivity contribution in [1.29, 1.82) is 0 Å². The van der Waals surface area contributed by atoms with Crippen LogP contribution >= 0.6 is 0 Å². The Labute approximate surface area is 86.3 Å². The van der Waals surface area contributed by atoms with E-state index in [2.05, 4.69) is 0 Å². The second-order valence-corrected chi connectivity index (χ2v) is 4.97. The van der Waals surface area contributed by atoms with Gasteiger partial charge < -0.3 is 0 Å². The Kier molecular flexibility index (Phi) is 3.45. The minimum atomic E-state index is -0.428. The van der Waals surface area contributed by atoms with Gasteiger partial charge in [-0.2, -0.15) is 0 Å². The van der Waals surface area contributed by atoms with Crippen molar-refractivity contribution in [2.75, 3.05) is 0 Å². The molecule has 80 valence electrons. The minimum absolute atomic E-state index is 0.214. The summed E-state index contributed by atoms with van der Waals surface area (Å²) in [4.78, 5) is 0. The molecule has 0 aliphatic heterocycles. The van der Waals surface area contributed by atoms with Crippen molar-refractivity contribution < 1.29 is 10.2 Å². The van der Waals surface area contributed by atoms with Crippen LogP contribution in [0.15, 0.2) is 0 Å². The van der Waals surface area contributed by atoms with Crippen molar-refractivity contribution >= 4 is 0 Å². The molecule has 0 saturated heterocycles. The van der Waals surface area contributed by atoms with Gasteiger partial charge in [0.1, 0.15) is 0 Å². The van der Waals surface area contributed by atoms with Crippen LogP contribution in [0.25, 0.3) is 0 Å². The van der Waals surface area contributed by atoms with Crippen LogP contribution in [0.5, 0.6) is 0 Å². The van der Waals surface area contributed by atoms with Crippen LogP contribution in [0.2, 0.25) is 0 Å². The Bertz CT molecular complexity index is 161. The van der Waals surface area contributed by atoms with Crippen molar-refractivity contribution in [3.63, 3.8) is 0 Å². The van der Waals surface area contributed by atoms with Crippen LogP contribution in [0.4, 0.5) is 0 Å². The van der Waals surface area contributed by atoms with E-state index in [-0.39, 0.29) is 11.8 Å². The van der Waals surface area contributed by atoms with E-state index >= 15 is 0 Å². The predicted octanol–water partition coefficient (Wildman–Crippen LogP) is 2.97. The van der Waals surface area contributed by atoms with Crippen LogP contribution < -0.4 is 0 Å². The van der Waals surface area contributed by atoms with Crippen LogP contribution in [-0.4, -0.2) is 12.2 Å². The third-order valence-corrected chi connectivity index (χ3v) is 4.06. The molecule has 0 aromatic rings. The molecule has 0 spiro atoms. The maximum Gasteiger partial charge on any atom is 0.0961 e. The molecule has 2 aliphatic carbocycles. The highest BCUT2D eigenvalue weighted by molar-refractivity contribution is 4.86. The summed E-state index contributed by atoms with van der Waals surface area (Å²) < 4.78 is 0. The van der Waals surface area contributed by atoms with Crippen molar-refractivity contribution in [3.05, 3.63) is 0 Å². The van der Waals surface area contributed by atoms with Gasteiger partial charge in [-0.25, -0.2) is 10.2 Å². The minimum Gasteiger partial charge on any atom is -0.233 e. The van der Waals surface area contributed by atoms with Crippen molar-refractivity contribution in [1.82, 2.24) is 0 Å². The Morgan fingerprint density at radius 2 is 0.929 bits per heavy atom. The summed E-state index contributed by atoms with van der Waals surface area (Å²) in [6.07, 6.45) is 7.34. The van der Waals surface area contributed by atoms with Crippen molar-refractivity contribution in [2.24, 2.45) is 11.8 Å². The molecule has 2 rings (SSSR count). The molecule has 0 N–H and O–H groups in total. The molecular formula is C12H20O2. The molecule has 14 heavy (non-hydrogen) atoms. The lowest BCUT2D eigenvalue weighted by atomic mass is 9.71. The molecule has 4 unspecified atom stereocenters. The zero-order chi connectivity index (χ0) is 9.97. The molecule has 0 aromatic heterocycles. The van der Waals surface area contributed by atoms with E-state index in [0.29, 0.717) is 0 Å². The van der Waals surface area contributed by atoms with Crippen molar-refractivity contribution in [3.8, 4) is 0 Å². The summed E-state index contributed by atoms with van der Waals surface area (Å²) in [6.45, 7) is 0. The number of hydrogen-bond acceptors (Lipinski definition) is 0. The van der Waals surface area contributed by atoms with E-state index in [1.165, 1.54) is 12.8 Å². The molecule has 0 heterocycles. The first-order valence-electron chi connectivity index (χ1n) is 6.10. The summed E-state index contributed by atoms with van der Waals surface area (Å²) in [6, 6.07) is 0. The second kappa shape index (κ2) is 4.63. The Hall–Kier alpha value is -0.0800. The smallest absolute Gasteiger partial charge is 0.0961 e. The van der Waals surface area contributed by atoms with E-state index in [1.54, 1.807) is 0 Å². The average Bonchev–Trinajstić information content (AvgIpc) is 2.20. The Morgan fingerprint density at radius 1 is 0.571 bits per heavy atom. The largest absolute Gasteiger partial charge is 0.233 e. The van der Waals surface area contributed by atoms with Crippen LogP contribution in [0.1, 0.15) is 51.4 Å². The maximum atomic E-state index is 11.8. The molecule has 0 aromatic carbocycles. The van der Waals surface area contributed by atoms with Crippen LogP contribution in [-0.2, 0) is 10.2 Å². The van der Waals surface area contributed by atoms with Gasteiger partial charge in [0.05, 0.1) is 12.2 Å². The van der Waals surface area contributed by atoms with E-state index in [0.717, 1.165) is 38.5 Å². The lowest BCUT2D eigenvalue weighted by molar-refractivity contribution is -0.0803. The highest BCUT2D eigenvalue weighted by Gasteiger charge is 2.37. The van der Waals surface area contributed by atoms with E-state index < -0.39 is 12.2 Å². The van der Waals surface area contributed by atoms with Gasteiger partial charge in [0.2, 0.25) is 0 Å². The molecule has 2 radical (unpaired) electrons. The van der Waals surface area contributed by atoms with Gasteiger partial charge in [0, 0.05) is 0 Å². The number of rotatable bonds is 1. The van der Waals surface area contributed by atoms with Crippen LogP contribution in [0.3, 0.4) is 0 Å². The molecule has 2 nitrogen and oxygen atoms in total. The van der Waals surface area contributed by atoms with Gasteiger partial charge >= 0.3 is 0 Å². The third-order valence-electron chi connectivity index (χ3n) is 4.06. The molecule has 0 amide bonds. The summed E-state index contributed by atoms with van der Waals surface area (Å²) >= 11 is 0. The first kappa shape index (κ1) is 10.4. The number of hydrogen-bond donors (Lipinski definition) is 0. The lowest BCUT2D eigenvalue weighted by Gasteiger charge is -2.37. The molecule has 2 fully saturated rings. The quantitative estimate of drug-likeness (QED) is 0.618. The van der Waals surface area contributed by atoms with E-state index in [9.17, 15) is 10.2 Å². The van der Waals surface area contributed by atoms with Gasteiger partial charge in [-0.3, -0.25) is 0 Å². The summed E-state index contributed by atoms with van der Waals surface area (Å²) in [5.41, 5.74) is 0. The lowest BCUT2D eigenvalue weighted by Crippen LogP contribution is -2.37. The molecule has 0 bridgehead atoms. The van der Waals surface area contributed by atoms with Crippen LogP contribution in [0, 0.1) is 11.8 Å². The fourth-order valence-corrected chi connectivity index (χ4v) is 3.23. The molecule has 4 atom stereocenters. The van der Waals surface area contributed by atoms with Gasteiger partial charge in [0.15, 0.2) is 0 Å². The molecular weight excluding hydrogens is 176 g/mol. The summed E-state index contributed by atoms with van der Waals surface area (Å²) in [7, 11) is 0. The maximum absolute atomic E-state index is 11.8. The zero-order valence-electron chi connectivity index (χ0n) is 8.78. The highest BCUT2D eigenvalue weighted by atomic mass is 16.3. The molecule has 2 heteroatoms. The standard InChI is InChI=1S/C12H20O2/c13-11-7-3-1-5-9(11)10-6-2-4-8-12(10)14/h9-12H,1-8H2. The van der Waals surface area contributed by atoms with Gasteiger partial charge in [-0.05, 0) is 37.5 Å². The fourth-order valence-electron chi connectivity index (χ4n) is 3.23. The third kappa shape index (κ3) is 2.12. The van der Waals surface area contributed by atoms with E-state index in [1.807, 2.05) is 0 Å². The van der Waals surface area contributed by atoms with Gasteiger partial charge in [-0.1, -0.05) is 25.7 Å². The highest BCUT2D eigenvalue weighted by Crippen LogP contribution is 2.38.